The summed E-state index contributed by atoms with van der Waals surface area (Å²) in [5.74, 6) is 1.20. The number of rotatable bonds is 4. The molecule has 3 heterocycles. The molecule has 2 aromatic carbocycles. The molecule has 0 aromatic heterocycles. The van der Waals surface area contributed by atoms with Crippen LogP contribution in [0.3, 0.4) is 0 Å². The number of para-hydroxylation sites is 1. The van der Waals surface area contributed by atoms with Crippen molar-refractivity contribution in [2.45, 2.75) is 51.1 Å². The SMILES string of the molecule is CC1(C)Cc2cccc(OCc3ccc(C(=O)N4CCC5(CC4)OCCO5)cc3)c2O1. The van der Waals surface area contributed by atoms with Gasteiger partial charge in [0.15, 0.2) is 17.3 Å². The van der Waals surface area contributed by atoms with E-state index in [2.05, 4.69) is 19.9 Å². The van der Waals surface area contributed by atoms with E-state index in [0.29, 0.717) is 38.5 Å². The summed E-state index contributed by atoms with van der Waals surface area (Å²) in [7, 11) is 0. The Morgan fingerprint density at radius 2 is 1.74 bits per heavy atom. The highest BCUT2D eigenvalue weighted by Gasteiger charge is 2.40. The highest BCUT2D eigenvalue weighted by molar-refractivity contribution is 5.94. The summed E-state index contributed by atoms with van der Waals surface area (Å²) in [6, 6.07) is 13.7. The van der Waals surface area contributed by atoms with Crippen molar-refractivity contribution in [3.8, 4) is 11.5 Å². The zero-order valence-corrected chi connectivity index (χ0v) is 18.2. The van der Waals surface area contributed by atoms with E-state index < -0.39 is 5.79 Å². The maximum atomic E-state index is 12.9. The van der Waals surface area contributed by atoms with Gasteiger partial charge in [0.2, 0.25) is 0 Å². The molecule has 0 atom stereocenters. The molecule has 1 spiro atoms. The van der Waals surface area contributed by atoms with Crippen molar-refractivity contribution in [3.05, 3.63) is 59.2 Å². The van der Waals surface area contributed by atoms with Crippen molar-refractivity contribution in [2.24, 2.45) is 0 Å². The first-order chi connectivity index (χ1) is 14.9. The van der Waals surface area contributed by atoms with Gasteiger partial charge in [0, 0.05) is 43.5 Å². The predicted molar refractivity (Wildman–Crippen MR) is 115 cm³/mol. The maximum absolute atomic E-state index is 12.9. The summed E-state index contributed by atoms with van der Waals surface area (Å²) in [5, 5.41) is 0. The number of fused-ring (bicyclic) bond motifs is 1. The fourth-order valence-electron chi connectivity index (χ4n) is 4.62. The molecule has 0 unspecified atom stereocenters. The molecule has 2 aromatic rings. The summed E-state index contributed by atoms with van der Waals surface area (Å²) in [6.07, 6.45) is 2.34. The Bertz CT molecular complexity index is 952. The number of carbonyl (C=O) groups excluding carboxylic acids is 1. The van der Waals surface area contributed by atoms with Gasteiger partial charge in [0.1, 0.15) is 12.2 Å². The van der Waals surface area contributed by atoms with Gasteiger partial charge in [-0.2, -0.15) is 0 Å². The minimum atomic E-state index is -0.464. The monoisotopic (exact) mass is 423 g/mol. The summed E-state index contributed by atoms with van der Waals surface area (Å²) < 4.78 is 23.6. The lowest BCUT2D eigenvalue weighted by Gasteiger charge is -2.37. The quantitative estimate of drug-likeness (QED) is 0.745. The van der Waals surface area contributed by atoms with Crippen LogP contribution >= 0.6 is 0 Å². The largest absolute Gasteiger partial charge is 0.485 e. The van der Waals surface area contributed by atoms with Gasteiger partial charge < -0.3 is 23.8 Å². The lowest BCUT2D eigenvalue weighted by Crippen LogP contribution is -2.47. The van der Waals surface area contributed by atoms with Crippen LogP contribution in [0.4, 0.5) is 0 Å². The van der Waals surface area contributed by atoms with Crippen LogP contribution in [0.5, 0.6) is 11.5 Å². The second-order valence-electron chi connectivity index (χ2n) is 9.17. The Morgan fingerprint density at radius 1 is 1.03 bits per heavy atom. The Labute approximate surface area is 183 Å². The number of carbonyl (C=O) groups is 1. The van der Waals surface area contributed by atoms with E-state index in [0.717, 1.165) is 36.3 Å². The molecule has 6 nitrogen and oxygen atoms in total. The highest BCUT2D eigenvalue weighted by Crippen LogP contribution is 2.42. The molecule has 5 rings (SSSR count). The summed E-state index contributed by atoms with van der Waals surface area (Å²) in [6.45, 7) is 7.19. The van der Waals surface area contributed by atoms with Crippen LogP contribution in [0.15, 0.2) is 42.5 Å². The van der Waals surface area contributed by atoms with Crippen molar-refractivity contribution < 1.29 is 23.7 Å². The normalized spacial score (nSPS) is 21.0. The molecule has 1 amide bonds. The molecule has 0 aliphatic carbocycles. The summed E-state index contributed by atoms with van der Waals surface area (Å²) in [5.41, 5.74) is 2.68. The molecule has 164 valence electrons. The molecule has 0 N–H and O–H groups in total. The van der Waals surface area contributed by atoms with E-state index in [1.54, 1.807) is 0 Å². The zero-order valence-electron chi connectivity index (χ0n) is 18.2. The fourth-order valence-corrected chi connectivity index (χ4v) is 4.62. The van der Waals surface area contributed by atoms with Crippen molar-refractivity contribution in [1.29, 1.82) is 0 Å². The number of amides is 1. The van der Waals surface area contributed by atoms with Crippen LogP contribution in [0.1, 0.15) is 48.2 Å². The van der Waals surface area contributed by atoms with Gasteiger partial charge >= 0.3 is 0 Å². The lowest BCUT2D eigenvalue weighted by atomic mass is 10.0. The Hall–Kier alpha value is -2.57. The van der Waals surface area contributed by atoms with Gasteiger partial charge in [0.05, 0.1) is 13.2 Å². The Balaban J connectivity index is 1.19. The first-order valence-corrected chi connectivity index (χ1v) is 11.0. The smallest absolute Gasteiger partial charge is 0.253 e. The van der Waals surface area contributed by atoms with Gasteiger partial charge in [-0.05, 0) is 37.6 Å². The topological polar surface area (TPSA) is 57.2 Å². The average Bonchev–Trinajstić information content (AvgIpc) is 3.35. The third-order valence-corrected chi connectivity index (χ3v) is 6.28. The van der Waals surface area contributed by atoms with E-state index in [-0.39, 0.29) is 11.5 Å². The Morgan fingerprint density at radius 3 is 2.45 bits per heavy atom. The fraction of sp³-hybridized carbons (Fsp3) is 0.480. The third-order valence-electron chi connectivity index (χ3n) is 6.28. The van der Waals surface area contributed by atoms with Crippen LogP contribution in [-0.2, 0) is 22.5 Å². The third kappa shape index (κ3) is 4.14. The number of likely N-dealkylation sites (tertiary alicyclic amines) is 1. The summed E-state index contributed by atoms with van der Waals surface area (Å²) >= 11 is 0. The van der Waals surface area contributed by atoms with E-state index in [1.807, 2.05) is 41.3 Å². The standard InChI is InChI=1S/C25H29NO5/c1-24(2)16-20-4-3-5-21(22(20)31-24)28-17-18-6-8-19(9-7-18)23(27)26-12-10-25(11-13-26)29-14-15-30-25/h3-9H,10-17H2,1-2H3. The van der Waals surface area contributed by atoms with Gasteiger partial charge in [-0.1, -0.05) is 24.3 Å². The zero-order chi connectivity index (χ0) is 21.5. The van der Waals surface area contributed by atoms with Gasteiger partial charge in [-0.3, -0.25) is 4.79 Å². The second kappa shape index (κ2) is 7.84. The molecule has 6 heteroatoms. The van der Waals surface area contributed by atoms with E-state index in [4.69, 9.17) is 18.9 Å². The van der Waals surface area contributed by atoms with Gasteiger partial charge in [-0.15, -0.1) is 0 Å². The molecule has 0 radical (unpaired) electrons. The van der Waals surface area contributed by atoms with Crippen LogP contribution in [0.2, 0.25) is 0 Å². The van der Waals surface area contributed by atoms with Crippen LogP contribution in [0.25, 0.3) is 0 Å². The number of ether oxygens (including phenoxy) is 4. The number of nitrogens with zero attached hydrogens (tertiary/aromatic N) is 1. The predicted octanol–water partition coefficient (Wildman–Crippen LogP) is 3.96. The average molecular weight is 424 g/mol. The first-order valence-electron chi connectivity index (χ1n) is 11.0. The molecule has 31 heavy (non-hydrogen) atoms. The number of hydrogen-bond acceptors (Lipinski definition) is 5. The van der Waals surface area contributed by atoms with Crippen molar-refractivity contribution in [3.63, 3.8) is 0 Å². The van der Waals surface area contributed by atoms with Crippen LogP contribution < -0.4 is 9.47 Å². The molecular formula is C25H29NO5. The van der Waals surface area contributed by atoms with Gasteiger partial charge in [-0.25, -0.2) is 0 Å². The Kier molecular flexibility index (Phi) is 5.15. The second-order valence-corrected chi connectivity index (χ2v) is 9.17. The molecule has 0 saturated carbocycles. The molecule has 2 saturated heterocycles. The van der Waals surface area contributed by atoms with Crippen molar-refractivity contribution in [1.82, 2.24) is 4.90 Å². The number of piperidine rings is 1. The maximum Gasteiger partial charge on any atom is 0.253 e. The van der Waals surface area contributed by atoms with E-state index >= 15 is 0 Å². The van der Waals surface area contributed by atoms with E-state index in [9.17, 15) is 4.79 Å². The molecular weight excluding hydrogens is 394 g/mol. The van der Waals surface area contributed by atoms with Crippen molar-refractivity contribution in [2.75, 3.05) is 26.3 Å². The molecule has 3 aliphatic rings. The minimum Gasteiger partial charge on any atom is -0.485 e. The molecule has 3 aliphatic heterocycles. The first kappa shape index (κ1) is 20.3. The number of hydrogen-bond donors (Lipinski definition) is 0. The lowest BCUT2D eigenvalue weighted by molar-refractivity contribution is -0.181. The molecule has 0 bridgehead atoms. The minimum absolute atomic E-state index is 0.0526. The highest BCUT2D eigenvalue weighted by atomic mass is 16.7. The van der Waals surface area contributed by atoms with E-state index in [1.165, 1.54) is 5.56 Å². The summed E-state index contributed by atoms with van der Waals surface area (Å²) in [4.78, 5) is 14.8. The number of benzene rings is 2. The van der Waals surface area contributed by atoms with Gasteiger partial charge in [0.25, 0.3) is 5.91 Å². The molecule has 2 fully saturated rings. The van der Waals surface area contributed by atoms with Crippen LogP contribution in [0, 0.1) is 0 Å². The van der Waals surface area contributed by atoms with Crippen LogP contribution in [-0.4, -0.2) is 48.5 Å². The van der Waals surface area contributed by atoms with Crippen molar-refractivity contribution >= 4 is 5.91 Å².